The van der Waals surface area contributed by atoms with E-state index in [1.54, 1.807) is 42.5 Å². The molecule has 0 aromatic heterocycles. The standard InChI is InChI=1S/C25H28ClN3O5/c1-33-22-13-16(7-11-21(22)34-15-23(27)30)8-12-24(31)28-18-9-10-20(26)19(14-18)25(32)29-17-5-3-2-4-6-17/h7-14,17H,2-6,15H2,1H3,(H2,27,30)(H,28,31)(H,29,32). The maximum Gasteiger partial charge on any atom is 0.255 e. The SMILES string of the molecule is COc1cc(C=CC(=O)Nc2ccc(Cl)c(C(=O)NC3CCCCC3)c2)ccc1OCC(N)=O. The van der Waals surface area contributed by atoms with Crippen LogP contribution in [0.2, 0.25) is 5.02 Å². The minimum absolute atomic E-state index is 0.156. The van der Waals surface area contributed by atoms with Gasteiger partial charge in [-0.05, 0) is 54.8 Å². The van der Waals surface area contributed by atoms with Gasteiger partial charge in [0, 0.05) is 17.8 Å². The van der Waals surface area contributed by atoms with E-state index in [1.165, 1.54) is 19.6 Å². The topological polar surface area (TPSA) is 120 Å². The van der Waals surface area contributed by atoms with Crippen molar-refractivity contribution in [3.63, 3.8) is 0 Å². The molecule has 3 amide bonds. The number of carbonyl (C=O) groups excluding carboxylic acids is 3. The van der Waals surface area contributed by atoms with Crippen LogP contribution in [-0.2, 0) is 9.59 Å². The molecular weight excluding hydrogens is 458 g/mol. The predicted octanol–water partition coefficient (Wildman–Crippen LogP) is 3.93. The molecule has 2 aromatic carbocycles. The number of amides is 3. The number of benzene rings is 2. The van der Waals surface area contributed by atoms with Crippen LogP contribution >= 0.6 is 11.6 Å². The summed E-state index contributed by atoms with van der Waals surface area (Å²) in [5.41, 5.74) is 6.56. The zero-order chi connectivity index (χ0) is 24.5. The minimum atomic E-state index is -0.598. The van der Waals surface area contributed by atoms with Gasteiger partial charge >= 0.3 is 0 Å². The van der Waals surface area contributed by atoms with Crippen LogP contribution in [0.3, 0.4) is 0 Å². The van der Waals surface area contributed by atoms with Gasteiger partial charge in [0.25, 0.3) is 11.8 Å². The summed E-state index contributed by atoms with van der Waals surface area (Å²) in [6.45, 7) is -0.268. The number of primary amides is 1. The third-order valence-corrected chi connectivity index (χ3v) is 5.73. The molecule has 4 N–H and O–H groups in total. The van der Waals surface area contributed by atoms with Crippen LogP contribution in [0, 0.1) is 0 Å². The Kier molecular flexibility index (Phi) is 8.93. The Labute approximate surface area is 203 Å². The van der Waals surface area contributed by atoms with Gasteiger partial charge in [-0.25, -0.2) is 0 Å². The molecule has 3 rings (SSSR count). The van der Waals surface area contributed by atoms with Crippen molar-refractivity contribution < 1.29 is 23.9 Å². The van der Waals surface area contributed by atoms with E-state index in [0.717, 1.165) is 25.7 Å². The van der Waals surface area contributed by atoms with Crippen molar-refractivity contribution in [3.05, 3.63) is 58.6 Å². The van der Waals surface area contributed by atoms with Gasteiger partial charge in [0.15, 0.2) is 18.1 Å². The van der Waals surface area contributed by atoms with E-state index in [4.69, 9.17) is 26.8 Å². The average Bonchev–Trinajstić information content (AvgIpc) is 2.83. The first-order valence-corrected chi connectivity index (χ1v) is 11.4. The van der Waals surface area contributed by atoms with Crippen LogP contribution in [0.25, 0.3) is 6.08 Å². The zero-order valence-corrected chi connectivity index (χ0v) is 19.7. The summed E-state index contributed by atoms with van der Waals surface area (Å²) >= 11 is 6.23. The number of nitrogens with one attached hydrogen (secondary N) is 2. The molecule has 0 aliphatic heterocycles. The first-order valence-electron chi connectivity index (χ1n) is 11.0. The van der Waals surface area contributed by atoms with E-state index in [1.807, 2.05) is 0 Å². The summed E-state index contributed by atoms with van der Waals surface area (Å²) in [5, 5.41) is 6.10. The molecular formula is C25H28ClN3O5. The molecule has 0 unspecified atom stereocenters. The predicted molar refractivity (Wildman–Crippen MR) is 131 cm³/mol. The van der Waals surface area contributed by atoms with E-state index >= 15 is 0 Å². The van der Waals surface area contributed by atoms with E-state index in [-0.39, 0.29) is 24.5 Å². The smallest absolute Gasteiger partial charge is 0.255 e. The highest BCUT2D eigenvalue weighted by molar-refractivity contribution is 6.34. The third-order valence-electron chi connectivity index (χ3n) is 5.40. The normalized spacial score (nSPS) is 13.9. The van der Waals surface area contributed by atoms with Crippen molar-refractivity contribution >= 4 is 41.1 Å². The second-order valence-corrected chi connectivity index (χ2v) is 8.40. The van der Waals surface area contributed by atoms with Crippen molar-refractivity contribution in [2.45, 2.75) is 38.1 Å². The number of hydrogen-bond acceptors (Lipinski definition) is 5. The maximum absolute atomic E-state index is 12.7. The number of rotatable bonds is 9. The van der Waals surface area contributed by atoms with Gasteiger partial charge in [0.1, 0.15) is 0 Å². The van der Waals surface area contributed by atoms with E-state index < -0.39 is 5.91 Å². The van der Waals surface area contributed by atoms with Crippen molar-refractivity contribution in [1.29, 1.82) is 0 Å². The molecule has 0 saturated heterocycles. The van der Waals surface area contributed by atoms with E-state index in [0.29, 0.717) is 33.3 Å². The Morgan fingerprint density at radius 1 is 1.09 bits per heavy atom. The lowest BCUT2D eigenvalue weighted by Crippen LogP contribution is -2.36. The molecule has 0 radical (unpaired) electrons. The maximum atomic E-state index is 12.7. The first kappa shape index (κ1) is 25.1. The molecule has 0 bridgehead atoms. The van der Waals surface area contributed by atoms with Gasteiger partial charge in [-0.1, -0.05) is 36.9 Å². The van der Waals surface area contributed by atoms with Gasteiger partial charge in [-0.15, -0.1) is 0 Å². The van der Waals surface area contributed by atoms with Gasteiger partial charge in [-0.3, -0.25) is 14.4 Å². The summed E-state index contributed by atoms with van der Waals surface area (Å²) in [6.07, 6.45) is 8.30. The highest BCUT2D eigenvalue weighted by atomic mass is 35.5. The second-order valence-electron chi connectivity index (χ2n) is 7.99. The number of carbonyl (C=O) groups is 3. The Hall–Kier alpha value is -3.52. The Morgan fingerprint density at radius 2 is 1.85 bits per heavy atom. The van der Waals surface area contributed by atoms with Crippen LogP contribution in [0.5, 0.6) is 11.5 Å². The molecule has 34 heavy (non-hydrogen) atoms. The van der Waals surface area contributed by atoms with Crippen molar-refractivity contribution in [3.8, 4) is 11.5 Å². The molecule has 1 fully saturated rings. The minimum Gasteiger partial charge on any atom is -0.493 e. The number of halogens is 1. The molecule has 0 heterocycles. The summed E-state index contributed by atoms with van der Waals surface area (Å²) in [4.78, 5) is 36.0. The van der Waals surface area contributed by atoms with E-state index in [2.05, 4.69) is 10.6 Å². The number of nitrogens with two attached hydrogens (primary N) is 1. The van der Waals surface area contributed by atoms with Gasteiger partial charge in [0.2, 0.25) is 5.91 Å². The fourth-order valence-corrected chi connectivity index (χ4v) is 3.90. The van der Waals surface area contributed by atoms with Crippen LogP contribution in [-0.4, -0.2) is 37.5 Å². The largest absolute Gasteiger partial charge is 0.493 e. The molecule has 8 nitrogen and oxygen atoms in total. The van der Waals surface area contributed by atoms with Gasteiger partial charge in [-0.2, -0.15) is 0 Å². The van der Waals surface area contributed by atoms with Crippen LogP contribution in [0.4, 0.5) is 5.69 Å². The molecule has 1 aliphatic rings. The Bertz CT molecular complexity index is 1080. The molecule has 9 heteroatoms. The van der Waals surface area contributed by atoms with Crippen LogP contribution < -0.4 is 25.8 Å². The average molecular weight is 486 g/mol. The fraction of sp³-hybridized carbons (Fsp3) is 0.320. The summed E-state index contributed by atoms with van der Waals surface area (Å²) in [5.74, 6) is -0.457. The molecule has 2 aromatic rings. The van der Waals surface area contributed by atoms with Crippen molar-refractivity contribution in [2.24, 2.45) is 5.73 Å². The highest BCUT2D eigenvalue weighted by Gasteiger charge is 2.19. The molecule has 0 spiro atoms. The lowest BCUT2D eigenvalue weighted by atomic mass is 9.95. The fourth-order valence-electron chi connectivity index (χ4n) is 3.70. The lowest BCUT2D eigenvalue weighted by Gasteiger charge is -2.23. The van der Waals surface area contributed by atoms with Crippen LogP contribution in [0.1, 0.15) is 48.0 Å². The quantitative estimate of drug-likeness (QED) is 0.465. The van der Waals surface area contributed by atoms with Crippen molar-refractivity contribution in [2.75, 3.05) is 19.0 Å². The lowest BCUT2D eigenvalue weighted by molar-refractivity contribution is -0.120. The number of ether oxygens (including phenoxy) is 2. The van der Waals surface area contributed by atoms with Gasteiger partial charge in [0.05, 0.1) is 17.7 Å². The second kappa shape index (κ2) is 12.1. The van der Waals surface area contributed by atoms with Gasteiger partial charge < -0.3 is 25.8 Å². The summed E-state index contributed by atoms with van der Waals surface area (Å²) < 4.78 is 10.6. The third kappa shape index (κ3) is 7.25. The van der Waals surface area contributed by atoms with Crippen LogP contribution in [0.15, 0.2) is 42.5 Å². The molecule has 0 atom stereocenters. The highest BCUT2D eigenvalue weighted by Crippen LogP contribution is 2.28. The molecule has 180 valence electrons. The van der Waals surface area contributed by atoms with Crippen molar-refractivity contribution in [1.82, 2.24) is 5.32 Å². The van der Waals surface area contributed by atoms with E-state index in [9.17, 15) is 14.4 Å². The zero-order valence-electron chi connectivity index (χ0n) is 18.9. The molecule has 1 saturated carbocycles. The monoisotopic (exact) mass is 485 g/mol. The number of anilines is 1. The summed E-state index contributed by atoms with van der Waals surface area (Å²) in [6, 6.07) is 9.94. The Morgan fingerprint density at radius 3 is 2.56 bits per heavy atom. The first-order chi connectivity index (χ1) is 16.4. The Balaban J connectivity index is 1.63. The molecule has 1 aliphatic carbocycles. The summed E-state index contributed by atoms with van der Waals surface area (Å²) in [7, 11) is 1.47. The number of methoxy groups -OCH3 is 1. The number of hydrogen-bond donors (Lipinski definition) is 3.